The maximum Gasteiger partial charge on any atom is 0.158 e. The van der Waals surface area contributed by atoms with E-state index in [1.165, 1.54) is 0 Å². The molecule has 1 saturated heterocycles. The van der Waals surface area contributed by atoms with Crippen molar-refractivity contribution < 1.29 is 9.47 Å². The standard InChI is InChI=1S/C12H13Cl3O2/c1-16-11-4-5-12(7-13,17-11)9-3-2-8(14)6-10(9)15/h2-3,6,11H,4-5,7H2,1H3. The Bertz CT molecular complexity index is 411. The van der Waals surface area contributed by atoms with E-state index < -0.39 is 5.60 Å². The number of benzene rings is 1. The average Bonchev–Trinajstić information content (AvgIpc) is 2.74. The quantitative estimate of drug-likeness (QED) is 0.778. The lowest BCUT2D eigenvalue weighted by Gasteiger charge is -2.28. The summed E-state index contributed by atoms with van der Waals surface area (Å²) in [6.07, 6.45) is 1.37. The van der Waals surface area contributed by atoms with Crippen LogP contribution in [0.15, 0.2) is 18.2 Å². The lowest BCUT2D eigenvalue weighted by Crippen LogP contribution is -2.29. The maximum absolute atomic E-state index is 6.20. The normalized spacial score (nSPS) is 28.6. The first-order chi connectivity index (χ1) is 8.11. The minimum absolute atomic E-state index is 0.222. The van der Waals surface area contributed by atoms with E-state index >= 15 is 0 Å². The second-order valence-corrected chi connectivity index (χ2v) is 5.18. The van der Waals surface area contributed by atoms with Gasteiger partial charge in [-0.2, -0.15) is 0 Å². The molecule has 0 saturated carbocycles. The van der Waals surface area contributed by atoms with Gasteiger partial charge in [0, 0.05) is 29.1 Å². The van der Waals surface area contributed by atoms with Gasteiger partial charge in [-0.05, 0) is 18.6 Å². The Kier molecular flexibility index (Phi) is 4.22. The van der Waals surface area contributed by atoms with Gasteiger partial charge in [-0.25, -0.2) is 0 Å². The Balaban J connectivity index is 2.35. The van der Waals surface area contributed by atoms with Crippen LogP contribution in [0, 0.1) is 0 Å². The minimum atomic E-state index is -0.566. The highest BCUT2D eigenvalue weighted by molar-refractivity contribution is 6.35. The fraction of sp³-hybridized carbons (Fsp3) is 0.500. The van der Waals surface area contributed by atoms with Gasteiger partial charge in [-0.3, -0.25) is 0 Å². The first kappa shape index (κ1) is 13.4. The highest BCUT2D eigenvalue weighted by Crippen LogP contribution is 2.43. The third-order valence-corrected chi connectivity index (χ3v) is 4.02. The van der Waals surface area contributed by atoms with Gasteiger partial charge in [0.05, 0.1) is 5.88 Å². The van der Waals surface area contributed by atoms with Crippen molar-refractivity contribution in [1.82, 2.24) is 0 Å². The monoisotopic (exact) mass is 294 g/mol. The first-order valence-electron chi connectivity index (χ1n) is 5.33. The van der Waals surface area contributed by atoms with Crippen LogP contribution >= 0.6 is 34.8 Å². The third kappa shape index (κ3) is 2.56. The largest absolute Gasteiger partial charge is 0.356 e. The van der Waals surface area contributed by atoms with Crippen LogP contribution in [-0.4, -0.2) is 19.3 Å². The van der Waals surface area contributed by atoms with Crippen molar-refractivity contribution in [2.24, 2.45) is 0 Å². The van der Waals surface area contributed by atoms with Crippen LogP contribution in [0.5, 0.6) is 0 Å². The molecule has 1 aliphatic heterocycles. The number of halogens is 3. The first-order valence-corrected chi connectivity index (χ1v) is 6.62. The summed E-state index contributed by atoms with van der Waals surface area (Å²) >= 11 is 18.2. The van der Waals surface area contributed by atoms with Crippen molar-refractivity contribution in [3.8, 4) is 0 Å². The molecule has 0 bridgehead atoms. The van der Waals surface area contributed by atoms with Gasteiger partial charge in [-0.15, -0.1) is 11.6 Å². The van der Waals surface area contributed by atoms with E-state index in [0.717, 1.165) is 18.4 Å². The summed E-state index contributed by atoms with van der Waals surface area (Å²) in [5, 5.41) is 1.18. The van der Waals surface area contributed by atoms with E-state index in [-0.39, 0.29) is 6.29 Å². The van der Waals surface area contributed by atoms with Gasteiger partial charge in [0.1, 0.15) is 5.60 Å². The summed E-state index contributed by atoms with van der Waals surface area (Å²) in [4.78, 5) is 0. The van der Waals surface area contributed by atoms with Crippen LogP contribution in [-0.2, 0) is 15.1 Å². The van der Waals surface area contributed by atoms with Crippen molar-refractivity contribution >= 4 is 34.8 Å². The zero-order valence-electron chi connectivity index (χ0n) is 9.38. The third-order valence-electron chi connectivity index (χ3n) is 3.04. The highest BCUT2D eigenvalue weighted by atomic mass is 35.5. The molecule has 2 rings (SSSR count). The summed E-state index contributed by atoms with van der Waals surface area (Å²) in [5.41, 5.74) is 0.308. The molecule has 94 valence electrons. The van der Waals surface area contributed by atoms with E-state index in [9.17, 15) is 0 Å². The number of hydrogen-bond donors (Lipinski definition) is 0. The lowest BCUT2D eigenvalue weighted by atomic mass is 9.93. The molecule has 17 heavy (non-hydrogen) atoms. The highest BCUT2D eigenvalue weighted by Gasteiger charge is 2.42. The van der Waals surface area contributed by atoms with Gasteiger partial charge < -0.3 is 9.47 Å². The summed E-state index contributed by atoms with van der Waals surface area (Å²) in [6, 6.07) is 5.36. The fourth-order valence-electron chi connectivity index (χ4n) is 2.11. The molecule has 0 aromatic heterocycles. The summed E-state index contributed by atoms with van der Waals surface area (Å²) in [7, 11) is 1.62. The number of alkyl halides is 1. The van der Waals surface area contributed by atoms with Crippen LogP contribution < -0.4 is 0 Å². The predicted octanol–water partition coefficient (Wildman–Crippen LogP) is 4.21. The van der Waals surface area contributed by atoms with Crippen LogP contribution in [0.1, 0.15) is 18.4 Å². The minimum Gasteiger partial charge on any atom is -0.356 e. The SMILES string of the molecule is COC1CCC(CCl)(c2ccc(Cl)cc2Cl)O1. The van der Waals surface area contributed by atoms with Crippen LogP contribution in [0.3, 0.4) is 0 Å². The molecular formula is C12H13Cl3O2. The molecule has 1 fully saturated rings. The Morgan fingerprint density at radius 3 is 2.76 bits per heavy atom. The molecule has 0 spiro atoms. The fourth-order valence-corrected chi connectivity index (χ4v) is 3.04. The van der Waals surface area contributed by atoms with Gasteiger partial charge >= 0.3 is 0 Å². The number of hydrogen-bond acceptors (Lipinski definition) is 2. The van der Waals surface area contributed by atoms with Crippen molar-refractivity contribution in [3.63, 3.8) is 0 Å². The molecule has 1 aromatic rings. The van der Waals surface area contributed by atoms with Crippen LogP contribution in [0.4, 0.5) is 0 Å². The summed E-state index contributed by atoms with van der Waals surface area (Å²) in [6.45, 7) is 0. The maximum atomic E-state index is 6.20. The molecule has 1 aromatic carbocycles. The van der Waals surface area contributed by atoms with Crippen LogP contribution in [0.25, 0.3) is 0 Å². The average molecular weight is 296 g/mol. The predicted molar refractivity (Wildman–Crippen MR) is 70.0 cm³/mol. The Hall–Kier alpha value is 0.01000. The van der Waals surface area contributed by atoms with E-state index in [4.69, 9.17) is 44.3 Å². The van der Waals surface area contributed by atoms with Crippen molar-refractivity contribution in [2.75, 3.05) is 13.0 Å². The van der Waals surface area contributed by atoms with Crippen LogP contribution in [0.2, 0.25) is 10.0 Å². The molecule has 0 aliphatic carbocycles. The van der Waals surface area contributed by atoms with Gasteiger partial charge in [0.25, 0.3) is 0 Å². The molecular weight excluding hydrogens is 282 g/mol. The van der Waals surface area contributed by atoms with Gasteiger partial charge in [0.15, 0.2) is 6.29 Å². The lowest BCUT2D eigenvalue weighted by molar-refractivity contribution is -0.150. The molecule has 2 atom stereocenters. The molecule has 5 heteroatoms. The molecule has 2 nitrogen and oxygen atoms in total. The molecule has 2 unspecified atom stereocenters. The Labute approximate surface area is 116 Å². The number of rotatable bonds is 3. The molecule has 0 amide bonds. The van der Waals surface area contributed by atoms with Gasteiger partial charge in [-0.1, -0.05) is 29.3 Å². The van der Waals surface area contributed by atoms with Crippen molar-refractivity contribution in [2.45, 2.75) is 24.7 Å². The molecule has 1 aliphatic rings. The topological polar surface area (TPSA) is 18.5 Å². The van der Waals surface area contributed by atoms with Crippen molar-refractivity contribution in [1.29, 1.82) is 0 Å². The number of methoxy groups -OCH3 is 1. The van der Waals surface area contributed by atoms with E-state index in [1.54, 1.807) is 19.2 Å². The molecule has 1 heterocycles. The molecule has 0 N–H and O–H groups in total. The molecule has 0 radical (unpaired) electrons. The van der Waals surface area contributed by atoms with Crippen molar-refractivity contribution in [3.05, 3.63) is 33.8 Å². The summed E-state index contributed by atoms with van der Waals surface area (Å²) in [5.74, 6) is 0.341. The Morgan fingerprint density at radius 1 is 1.47 bits per heavy atom. The second kappa shape index (κ2) is 5.33. The zero-order chi connectivity index (χ0) is 12.5. The van der Waals surface area contributed by atoms with Gasteiger partial charge in [0.2, 0.25) is 0 Å². The zero-order valence-corrected chi connectivity index (χ0v) is 11.6. The van der Waals surface area contributed by atoms with E-state index in [0.29, 0.717) is 15.9 Å². The summed E-state index contributed by atoms with van der Waals surface area (Å²) < 4.78 is 11.1. The number of ether oxygens (including phenoxy) is 2. The second-order valence-electron chi connectivity index (χ2n) is 4.07. The van der Waals surface area contributed by atoms with E-state index in [1.807, 2.05) is 6.07 Å². The van der Waals surface area contributed by atoms with E-state index in [2.05, 4.69) is 0 Å². The smallest absolute Gasteiger partial charge is 0.158 e. The Morgan fingerprint density at radius 2 is 2.24 bits per heavy atom.